The van der Waals surface area contributed by atoms with Crippen LogP contribution in [0.3, 0.4) is 0 Å². The third-order valence-electron chi connectivity index (χ3n) is 1.46. The lowest BCUT2D eigenvalue weighted by molar-refractivity contribution is -0.146. The summed E-state index contributed by atoms with van der Waals surface area (Å²) >= 11 is 5.41. The van der Waals surface area contributed by atoms with Gasteiger partial charge in [0.2, 0.25) is 0 Å². The highest BCUT2D eigenvalue weighted by molar-refractivity contribution is 7.68. The molecule has 0 aliphatic heterocycles. The van der Waals surface area contributed by atoms with Crippen molar-refractivity contribution in [3.63, 3.8) is 0 Å². The lowest BCUT2D eigenvalue weighted by atomic mass is 10.4. The van der Waals surface area contributed by atoms with Crippen molar-refractivity contribution in [2.45, 2.75) is 12.6 Å². The smallest absolute Gasteiger partial charge is 0.336 e. The van der Waals surface area contributed by atoms with E-state index in [-0.39, 0.29) is 13.8 Å². The molecule has 1 atom stereocenters. The number of nitrogens with zero attached hydrogens (tertiary/aromatic N) is 3. The normalized spacial score (nSPS) is 12.9. The molecule has 0 aliphatic rings. The number of nitrogen functional groups attached to an aromatic ring is 1. The Kier molecular flexibility index (Phi) is 3.55. The van der Waals surface area contributed by atoms with Gasteiger partial charge in [-0.3, -0.25) is 0 Å². The molecule has 0 saturated heterocycles. The Balaban J connectivity index is 2.86. The Morgan fingerprint density at radius 2 is 2.07 bits per heavy atom. The summed E-state index contributed by atoms with van der Waals surface area (Å²) in [5, 5.41) is 6.30. The predicted molar refractivity (Wildman–Crippen MR) is 47.9 cm³/mol. The summed E-state index contributed by atoms with van der Waals surface area (Å²) in [7, 11) is 0.130. The third-order valence-corrected chi connectivity index (χ3v) is 2.47. The molecule has 0 fully saturated rings. The van der Waals surface area contributed by atoms with Gasteiger partial charge in [-0.1, -0.05) is 0 Å². The van der Waals surface area contributed by atoms with E-state index in [4.69, 9.17) is 17.1 Å². The van der Waals surface area contributed by atoms with Crippen molar-refractivity contribution in [3.8, 4) is 0 Å². The van der Waals surface area contributed by atoms with Crippen LogP contribution in [-0.2, 0) is 12.6 Å². The molecule has 1 rings (SSSR count). The minimum absolute atomic E-state index is 0.0884. The van der Waals surface area contributed by atoms with Crippen molar-refractivity contribution >= 4 is 19.2 Å². The molecule has 1 unspecified atom stereocenters. The van der Waals surface area contributed by atoms with Crippen LogP contribution in [0.1, 0.15) is 11.6 Å². The Bertz CT molecular complexity index is 312. The lowest BCUT2D eigenvalue weighted by Crippen LogP contribution is -2.22. The van der Waals surface area contributed by atoms with Gasteiger partial charge < -0.3 is 5.84 Å². The summed E-state index contributed by atoms with van der Waals surface area (Å²) < 4.78 is 36.9. The second kappa shape index (κ2) is 4.31. The molecule has 1 aromatic heterocycles. The first-order chi connectivity index (χ1) is 6.46. The maximum absolute atomic E-state index is 12.2. The van der Waals surface area contributed by atoms with Gasteiger partial charge >= 0.3 is 6.18 Å². The van der Waals surface area contributed by atoms with E-state index in [1.54, 1.807) is 0 Å². The van der Waals surface area contributed by atoms with Gasteiger partial charge in [-0.05, 0) is 14.1 Å². The number of nitrogens with two attached hydrogens (primary N) is 1. The SMILES string of the molecule is Nn1c(CCPCl)nnc1C(F)(F)F. The van der Waals surface area contributed by atoms with Crippen LogP contribution in [0, 0.1) is 0 Å². The second-order valence-corrected chi connectivity index (χ2v) is 4.01. The van der Waals surface area contributed by atoms with Crippen LogP contribution >= 0.6 is 19.2 Å². The number of aromatic nitrogens is 3. The fraction of sp³-hybridized carbons (Fsp3) is 0.600. The molecular formula is C5H7ClF3N4P. The first kappa shape index (κ1) is 11.5. The van der Waals surface area contributed by atoms with Gasteiger partial charge in [-0.2, -0.15) is 13.2 Å². The van der Waals surface area contributed by atoms with Crippen LogP contribution in [0.4, 0.5) is 13.2 Å². The van der Waals surface area contributed by atoms with Crippen molar-refractivity contribution in [1.29, 1.82) is 0 Å². The molecule has 2 N–H and O–H groups in total. The van der Waals surface area contributed by atoms with Crippen LogP contribution in [0.15, 0.2) is 0 Å². The molecule has 0 spiro atoms. The van der Waals surface area contributed by atoms with Crippen molar-refractivity contribution in [3.05, 3.63) is 11.6 Å². The highest BCUT2D eigenvalue weighted by Gasteiger charge is 2.37. The molecule has 0 aliphatic carbocycles. The lowest BCUT2D eigenvalue weighted by Gasteiger charge is -2.05. The van der Waals surface area contributed by atoms with Crippen LogP contribution in [0.25, 0.3) is 0 Å². The van der Waals surface area contributed by atoms with Gasteiger partial charge in [0.1, 0.15) is 0 Å². The van der Waals surface area contributed by atoms with Gasteiger partial charge in [0.05, 0.1) is 0 Å². The summed E-state index contributed by atoms with van der Waals surface area (Å²) in [4.78, 5) is 0. The van der Waals surface area contributed by atoms with E-state index in [2.05, 4.69) is 10.2 Å². The topological polar surface area (TPSA) is 56.7 Å². The first-order valence-electron chi connectivity index (χ1n) is 3.57. The molecule has 80 valence electrons. The van der Waals surface area contributed by atoms with Crippen LogP contribution in [0.2, 0.25) is 0 Å². The summed E-state index contributed by atoms with van der Waals surface area (Å²) in [5.74, 6) is 4.06. The largest absolute Gasteiger partial charge is 0.453 e. The minimum Gasteiger partial charge on any atom is -0.336 e. The van der Waals surface area contributed by atoms with E-state index in [9.17, 15) is 13.2 Å². The van der Waals surface area contributed by atoms with Crippen molar-refractivity contribution < 1.29 is 13.2 Å². The summed E-state index contributed by atoms with van der Waals surface area (Å²) in [5.41, 5.74) is 0. The maximum atomic E-state index is 12.2. The number of halogens is 4. The van der Waals surface area contributed by atoms with E-state index < -0.39 is 12.0 Å². The van der Waals surface area contributed by atoms with Crippen LogP contribution < -0.4 is 5.84 Å². The fourth-order valence-electron chi connectivity index (χ4n) is 0.846. The molecule has 9 heteroatoms. The monoisotopic (exact) mass is 246 g/mol. The van der Waals surface area contributed by atoms with Crippen molar-refractivity contribution in [1.82, 2.24) is 14.9 Å². The first-order valence-corrected chi connectivity index (χ1v) is 5.78. The van der Waals surface area contributed by atoms with Crippen molar-refractivity contribution in [2.24, 2.45) is 0 Å². The van der Waals surface area contributed by atoms with Gasteiger partial charge in [-0.25, -0.2) is 4.68 Å². The number of alkyl halides is 3. The highest BCUT2D eigenvalue weighted by atomic mass is 35.7. The average molecular weight is 247 g/mol. The molecule has 1 aromatic rings. The summed E-state index contributed by atoms with van der Waals surface area (Å²) in [6.45, 7) is 0. The molecule has 14 heavy (non-hydrogen) atoms. The number of hydrogen-bond donors (Lipinski definition) is 1. The Morgan fingerprint density at radius 1 is 1.43 bits per heavy atom. The van der Waals surface area contributed by atoms with E-state index in [0.717, 1.165) is 0 Å². The van der Waals surface area contributed by atoms with Crippen LogP contribution in [0.5, 0.6) is 0 Å². The Labute approximate surface area is 84.2 Å². The number of hydrogen-bond acceptors (Lipinski definition) is 3. The van der Waals surface area contributed by atoms with Gasteiger partial charge in [0.25, 0.3) is 5.82 Å². The third kappa shape index (κ3) is 2.48. The molecule has 0 bridgehead atoms. The molecule has 0 saturated carbocycles. The second-order valence-electron chi connectivity index (χ2n) is 2.44. The number of aryl methyl sites for hydroxylation is 1. The molecule has 0 radical (unpaired) electrons. The zero-order valence-electron chi connectivity index (χ0n) is 6.85. The Hall–Kier alpha value is -0.550. The maximum Gasteiger partial charge on any atom is 0.453 e. The zero-order chi connectivity index (χ0) is 10.8. The summed E-state index contributed by atoms with van der Waals surface area (Å²) in [6, 6.07) is 0. The average Bonchev–Trinajstić information content (AvgIpc) is 2.42. The Morgan fingerprint density at radius 3 is 2.50 bits per heavy atom. The molecule has 0 amide bonds. The van der Waals surface area contributed by atoms with Gasteiger partial charge in [0.15, 0.2) is 5.82 Å². The van der Waals surface area contributed by atoms with Crippen molar-refractivity contribution in [2.75, 3.05) is 12.0 Å². The minimum atomic E-state index is -4.57. The van der Waals surface area contributed by atoms with E-state index in [1.807, 2.05) is 0 Å². The van der Waals surface area contributed by atoms with E-state index >= 15 is 0 Å². The van der Waals surface area contributed by atoms with Gasteiger partial charge in [-0.15, -0.1) is 21.4 Å². The summed E-state index contributed by atoms with van der Waals surface area (Å²) in [6.07, 6.45) is -3.74. The highest BCUT2D eigenvalue weighted by Crippen LogP contribution is 2.27. The molecular weight excluding hydrogens is 240 g/mol. The standard InChI is InChI=1S/C5H7ClF3N4P/c6-14-2-1-3-11-12-4(13(3)10)5(7,8)9/h14H,1-2,10H2. The molecule has 0 aromatic carbocycles. The van der Waals surface area contributed by atoms with Crippen LogP contribution in [-0.4, -0.2) is 21.0 Å². The molecule has 1 heterocycles. The quantitative estimate of drug-likeness (QED) is 0.648. The van der Waals surface area contributed by atoms with E-state index in [1.165, 1.54) is 0 Å². The molecule has 4 nitrogen and oxygen atoms in total. The van der Waals surface area contributed by atoms with E-state index in [0.29, 0.717) is 17.3 Å². The predicted octanol–water partition coefficient (Wildman–Crippen LogP) is 1.39. The zero-order valence-corrected chi connectivity index (χ0v) is 8.60. The van der Waals surface area contributed by atoms with Gasteiger partial charge in [0, 0.05) is 6.42 Å². The fourth-order valence-corrected chi connectivity index (χ4v) is 1.45. The number of rotatable bonds is 3.